The van der Waals surface area contributed by atoms with Crippen LogP contribution in [0.15, 0.2) is 15.6 Å². The molecule has 0 radical (unpaired) electrons. The van der Waals surface area contributed by atoms with Gasteiger partial charge in [-0.1, -0.05) is 19.0 Å². The zero-order chi connectivity index (χ0) is 17.5. The van der Waals surface area contributed by atoms with Crippen molar-refractivity contribution in [2.75, 3.05) is 26.7 Å². The first-order chi connectivity index (χ1) is 11.5. The van der Waals surface area contributed by atoms with E-state index in [2.05, 4.69) is 34.2 Å². The zero-order valence-corrected chi connectivity index (χ0v) is 15.0. The summed E-state index contributed by atoms with van der Waals surface area (Å²) in [5, 5.41) is 7.37. The second kappa shape index (κ2) is 8.70. The van der Waals surface area contributed by atoms with Gasteiger partial charge in [0.05, 0.1) is 18.7 Å². The van der Waals surface area contributed by atoms with Crippen LogP contribution in [0.5, 0.6) is 0 Å². The number of guanidine groups is 1. The summed E-state index contributed by atoms with van der Waals surface area (Å²) in [7, 11) is 1.45. The topological polar surface area (TPSA) is 80.0 Å². The quantitative estimate of drug-likeness (QED) is 0.504. The van der Waals surface area contributed by atoms with Crippen molar-refractivity contribution < 1.29 is 14.1 Å². The van der Waals surface area contributed by atoms with Crippen molar-refractivity contribution in [3.05, 3.63) is 17.5 Å². The van der Waals surface area contributed by atoms with E-state index in [4.69, 9.17) is 9.26 Å². The smallest absolute Gasteiger partial charge is 0.308 e. The summed E-state index contributed by atoms with van der Waals surface area (Å²) in [5.41, 5.74) is 0.948. The minimum Gasteiger partial charge on any atom is -0.469 e. The van der Waals surface area contributed by atoms with Crippen LogP contribution in [0, 0.1) is 5.92 Å². The van der Waals surface area contributed by atoms with Crippen molar-refractivity contribution in [1.29, 1.82) is 0 Å². The van der Waals surface area contributed by atoms with Gasteiger partial charge in [0, 0.05) is 25.7 Å². The van der Waals surface area contributed by atoms with Gasteiger partial charge in [0.15, 0.2) is 11.7 Å². The number of methoxy groups -OCH3 is 1. The molecular formula is C17H28N4O3. The molecule has 0 unspecified atom stereocenters. The molecule has 0 saturated carbocycles. The Morgan fingerprint density at radius 2 is 2.21 bits per heavy atom. The molecule has 7 nitrogen and oxygen atoms in total. The minimum absolute atomic E-state index is 0.00278. The molecule has 1 aromatic rings. The maximum absolute atomic E-state index is 11.6. The number of likely N-dealkylation sites (tertiary alicyclic amines) is 1. The first kappa shape index (κ1) is 18.3. The fraction of sp³-hybridized carbons (Fsp3) is 0.706. The molecule has 1 aliphatic rings. The second-order valence-electron chi connectivity index (χ2n) is 6.33. The Hall–Kier alpha value is -2.05. The average Bonchev–Trinajstić information content (AvgIpc) is 3.07. The molecule has 1 aliphatic heterocycles. The maximum atomic E-state index is 11.6. The van der Waals surface area contributed by atoms with Crippen LogP contribution in [-0.4, -0.2) is 48.7 Å². The van der Waals surface area contributed by atoms with E-state index in [1.807, 2.05) is 13.0 Å². The van der Waals surface area contributed by atoms with E-state index in [1.54, 1.807) is 0 Å². The molecule has 2 heterocycles. The summed E-state index contributed by atoms with van der Waals surface area (Å²) in [4.78, 5) is 18.5. The minimum atomic E-state index is -0.112. The Kier molecular flexibility index (Phi) is 6.63. The first-order valence-corrected chi connectivity index (χ1v) is 8.61. The molecule has 7 heteroatoms. The van der Waals surface area contributed by atoms with E-state index in [0.29, 0.717) is 12.5 Å². The Morgan fingerprint density at radius 3 is 2.75 bits per heavy atom. The van der Waals surface area contributed by atoms with Gasteiger partial charge >= 0.3 is 5.97 Å². The van der Waals surface area contributed by atoms with Crippen LogP contribution < -0.4 is 5.32 Å². The number of ether oxygens (including phenoxy) is 1. The monoisotopic (exact) mass is 336 g/mol. The molecule has 1 saturated heterocycles. The molecule has 0 aromatic carbocycles. The molecule has 1 N–H and O–H groups in total. The normalized spacial score (nSPS) is 16.5. The fourth-order valence-electron chi connectivity index (χ4n) is 2.75. The van der Waals surface area contributed by atoms with Gasteiger partial charge in [0.25, 0.3) is 0 Å². The van der Waals surface area contributed by atoms with E-state index in [0.717, 1.165) is 49.9 Å². The van der Waals surface area contributed by atoms with Gasteiger partial charge in [-0.25, -0.2) is 4.99 Å². The van der Waals surface area contributed by atoms with Crippen LogP contribution in [0.3, 0.4) is 0 Å². The molecule has 24 heavy (non-hydrogen) atoms. The average molecular weight is 336 g/mol. The third-order valence-electron chi connectivity index (χ3n) is 4.22. The van der Waals surface area contributed by atoms with Crippen molar-refractivity contribution in [3.63, 3.8) is 0 Å². The lowest BCUT2D eigenvalue weighted by Gasteiger charge is -2.33. The predicted octanol–water partition coefficient (Wildman–Crippen LogP) is 2.15. The van der Waals surface area contributed by atoms with Crippen LogP contribution in [-0.2, 0) is 16.1 Å². The number of aliphatic imine (C=N–C) groups is 1. The van der Waals surface area contributed by atoms with Gasteiger partial charge < -0.3 is 19.5 Å². The summed E-state index contributed by atoms with van der Waals surface area (Å²) >= 11 is 0. The van der Waals surface area contributed by atoms with Crippen LogP contribution in [0.4, 0.5) is 0 Å². The Labute approximate surface area is 143 Å². The molecule has 1 aromatic heterocycles. The van der Waals surface area contributed by atoms with E-state index >= 15 is 0 Å². The highest BCUT2D eigenvalue weighted by Crippen LogP contribution is 2.19. The Morgan fingerprint density at radius 1 is 1.50 bits per heavy atom. The molecule has 134 valence electrons. The summed E-state index contributed by atoms with van der Waals surface area (Å²) < 4.78 is 10.2. The van der Waals surface area contributed by atoms with E-state index in [-0.39, 0.29) is 11.9 Å². The molecule has 2 rings (SSSR count). The standard InChI is InChI=1S/C17H28N4O3/c1-5-18-17(19-11-14-10-15(12(2)3)20-24-14)21-8-6-13(7-9-21)16(22)23-4/h10,12-13H,5-9,11H2,1-4H3,(H,18,19). The summed E-state index contributed by atoms with van der Waals surface area (Å²) in [6, 6.07) is 1.96. The fourth-order valence-corrected chi connectivity index (χ4v) is 2.75. The van der Waals surface area contributed by atoms with Crippen LogP contribution in [0.25, 0.3) is 0 Å². The van der Waals surface area contributed by atoms with Gasteiger partial charge in [0.1, 0.15) is 6.54 Å². The van der Waals surface area contributed by atoms with Crippen LogP contribution >= 0.6 is 0 Å². The number of nitrogens with zero attached hydrogens (tertiary/aromatic N) is 3. The van der Waals surface area contributed by atoms with Crippen molar-refractivity contribution in [1.82, 2.24) is 15.4 Å². The number of carbonyl (C=O) groups excluding carboxylic acids is 1. The lowest BCUT2D eigenvalue weighted by Crippen LogP contribution is -2.46. The number of aromatic nitrogens is 1. The molecule has 1 fully saturated rings. The molecule has 0 bridgehead atoms. The highest BCUT2D eigenvalue weighted by molar-refractivity contribution is 5.80. The number of hydrogen-bond acceptors (Lipinski definition) is 5. The second-order valence-corrected chi connectivity index (χ2v) is 6.33. The third kappa shape index (κ3) is 4.72. The predicted molar refractivity (Wildman–Crippen MR) is 91.7 cm³/mol. The maximum Gasteiger partial charge on any atom is 0.308 e. The van der Waals surface area contributed by atoms with Crippen LogP contribution in [0.2, 0.25) is 0 Å². The van der Waals surface area contributed by atoms with Gasteiger partial charge in [0.2, 0.25) is 0 Å². The molecule has 0 spiro atoms. The largest absolute Gasteiger partial charge is 0.469 e. The van der Waals surface area contributed by atoms with E-state index in [9.17, 15) is 4.79 Å². The molecule has 0 aliphatic carbocycles. The SMILES string of the molecule is CCNC(=NCc1cc(C(C)C)no1)N1CCC(C(=O)OC)CC1. The highest BCUT2D eigenvalue weighted by atomic mass is 16.5. The van der Waals surface area contributed by atoms with Gasteiger partial charge in [-0.2, -0.15) is 0 Å². The van der Waals surface area contributed by atoms with E-state index in [1.165, 1.54) is 7.11 Å². The van der Waals surface area contributed by atoms with Gasteiger partial charge in [-0.3, -0.25) is 4.79 Å². The number of rotatable bonds is 5. The zero-order valence-electron chi connectivity index (χ0n) is 15.0. The molecule has 0 amide bonds. The lowest BCUT2D eigenvalue weighted by atomic mass is 9.97. The lowest BCUT2D eigenvalue weighted by molar-refractivity contribution is -0.146. The van der Waals surface area contributed by atoms with Crippen molar-refractivity contribution in [2.24, 2.45) is 10.9 Å². The number of hydrogen-bond donors (Lipinski definition) is 1. The Bertz CT molecular complexity index is 560. The molecular weight excluding hydrogens is 308 g/mol. The summed E-state index contributed by atoms with van der Waals surface area (Å²) in [6.07, 6.45) is 1.58. The number of carbonyl (C=O) groups is 1. The highest BCUT2D eigenvalue weighted by Gasteiger charge is 2.27. The van der Waals surface area contributed by atoms with Gasteiger partial charge in [-0.05, 0) is 25.7 Å². The first-order valence-electron chi connectivity index (χ1n) is 8.61. The number of piperidine rings is 1. The van der Waals surface area contributed by atoms with Crippen LogP contribution in [0.1, 0.15) is 51.0 Å². The van der Waals surface area contributed by atoms with Crippen molar-refractivity contribution in [2.45, 2.75) is 46.1 Å². The van der Waals surface area contributed by atoms with Gasteiger partial charge in [-0.15, -0.1) is 0 Å². The third-order valence-corrected chi connectivity index (χ3v) is 4.22. The molecule has 0 atom stereocenters. The summed E-state index contributed by atoms with van der Waals surface area (Å²) in [5.74, 6) is 1.84. The Balaban J connectivity index is 1.97. The van der Waals surface area contributed by atoms with Crippen molar-refractivity contribution in [3.8, 4) is 0 Å². The van der Waals surface area contributed by atoms with E-state index < -0.39 is 0 Å². The van der Waals surface area contributed by atoms with Crippen molar-refractivity contribution >= 4 is 11.9 Å². The number of nitrogens with one attached hydrogen (secondary N) is 1. The summed E-state index contributed by atoms with van der Waals surface area (Å²) in [6.45, 7) is 9.05. The number of esters is 1.